The van der Waals surface area contributed by atoms with Gasteiger partial charge in [0.15, 0.2) is 0 Å². The Morgan fingerprint density at radius 3 is 2.13 bits per heavy atom. The second-order valence-electron chi connectivity index (χ2n) is 8.26. The zero-order valence-corrected chi connectivity index (χ0v) is 18.4. The van der Waals surface area contributed by atoms with Gasteiger partial charge < -0.3 is 15.5 Å². The van der Waals surface area contributed by atoms with Crippen molar-refractivity contribution in [2.75, 3.05) is 42.7 Å². The van der Waals surface area contributed by atoms with Crippen molar-refractivity contribution in [3.63, 3.8) is 0 Å². The largest absolute Gasteiger partial charge is 0.378 e. The molecule has 1 fully saturated rings. The van der Waals surface area contributed by atoms with Gasteiger partial charge in [-0.2, -0.15) is 0 Å². The molecule has 6 heteroatoms. The molecule has 0 spiro atoms. The number of rotatable bonds is 9. The first-order valence-corrected chi connectivity index (χ1v) is 10.5. The van der Waals surface area contributed by atoms with Crippen molar-refractivity contribution >= 4 is 28.9 Å². The molecule has 1 aliphatic rings. The monoisotopic (exact) mass is 408 g/mol. The van der Waals surface area contributed by atoms with Gasteiger partial charge in [0.2, 0.25) is 11.8 Å². The minimum absolute atomic E-state index is 0.0287. The minimum Gasteiger partial charge on any atom is -0.378 e. The lowest BCUT2D eigenvalue weighted by atomic mass is 10.1. The van der Waals surface area contributed by atoms with E-state index in [1.165, 1.54) is 0 Å². The van der Waals surface area contributed by atoms with Crippen LogP contribution in [0.4, 0.5) is 17.1 Å². The first-order chi connectivity index (χ1) is 14.3. The molecule has 3 rings (SSSR count). The number of hydrogen-bond acceptors (Lipinski definition) is 4. The van der Waals surface area contributed by atoms with Gasteiger partial charge >= 0.3 is 0 Å². The molecule has 0 radical (unpaired) electrons. The van der Waals surface area contributed by atoms with E-state index in [9.17, 15) is 9.59 Å². The van der Waals surface area contributed by atoms with Crippen LogP contribution in [0, 0.1) is 13.8 Å². The minimum atomic E-state index is -0.0339. The van der Waals surface area contributed by atoms with Gasteiger partial charge in [-0.25, -0.2) is 0 Å². The van der Waals surface area contributed by atoms with Crippen LogP contribution >= 0.6 is 0 Å². The van der Waals surface area contributed by atoms with Crippen LogP contribution in [0.15, 0.2) is 42.5 Å². The Kier molecular flexibility index (Phi) is 7.11. The van der Waals surface area contributed by atoms with Crippen LogP contribution in [0.2, 0.25) is 0 Å². The van der Waals surface area contributed by atoms with Crippen molar-refractivity contribution in [1.82, 2.24) is 4.90 Å². The van der Waals surface area contributed by atoms with E-state index in [2.05, 4.69) is 15.5 Å². The zero-order valence-electron chi connectivity index (χ0n) is 18.4. The maximum Gasteiger partial charge on any atom is 0.238 e. The summed E-state index contributed by atoms with van der Waals surface area (Å²) in [5, 5.41) is 5.99. The lowest BCUT2D eigenvalue weighted by Gasteiger charge is -2.22. The molecule has 2 N–H and O–H groups in total. The van der Waals surface area contributed by atoms with Crippen molar-refractivity contribution < 1.29 is 9.59 Å². The lowest BCUT2D eigenvalue weighted by Crippen LogP contribution is -2.37. The van der Waals surface area contributed by atoms with E-state index in [0.29, 0.717) is 25.6 Å². The molecular weight excluding hydrogens is 376 g/mol. The number of para-hydroxylation sites is 1. The molecule has 0 unspecified atom stereocenters. The van der Waals surface area contributed by atoms with Gasteiger partial charge in [-0.3, -0.25) is 14.5 Å². The Morgan fingerprint density at radius 1 is 0.933 bits per heavy atom. The van der Waals surface area contributed by atoms with E-state index in [-0.39, 0.29) is 11.8 Å². The quantitative estimate of drug-likeness (QED) is 0.662. The Hall–Kier alpha value is -2.86. The fourth-order valence-electron chi connectivity index (χ4n) is 3.52. The first-order valence-electron chi connectivity index (χ1n) is 10.5. The smallest absolute Gasteiger partial charge is 0.238 e. The summed E-state index contributed by atoms with van der Waals surface area (Å²) in [4.78, 5) is 29.2. The highest BCUT2D eigenvalue weighted by atomic mass is 16.2. The normalized spacial score (nSPS) is 13.2. The third-order valence-corrected chi connectivity index (χ3v) is 5.45. The van der Waals surface area contributed by atoms with Crippen molar-refractivity contribution in [3.05, 3.63) is 53.6 Å². The number of aryl methyl sites for hydroxylation is 2. The SMILES string of the molecule is Cc1cccc(C)c1NC(=O)CN(CCC(=O)Nc1ccc(N(C)C)cc1)C1CC1. The third kappa shape index (κ3) is 6.07. The molecular formula is C24H32N4O2. The number of benzene rings is 2. The third-order valence-electron chi connectivity index (χ3n) is 5.45. The van der Waals surface area contributed by atoms with Gasteiger partial charge in [0.1, 0.15) is 0 Å². The van der Waals surface area contributed by atoms with Gasteiger partial charge in [-0.15, -0.1) is 0 Å². The molecule has 0 saturated heterocycles. The zero-order chi connectivity index (χ0) is 21.7. The second kappa shape index (κ2) is 9.76. The Labute approximate surface area is 179 Å². The van der Waals surface area contributed by atoms with E-state index in [1.807, 2.05) is 75.3 Å². The molecule has 160 valence electrons. The molecule has 2 amide bonds. The summed E-state index contributed by atoms with van der Waals surface area (Å²) in [6, 6.07) is 14.2. The van der Waals surface area contributed by atoms with E-state index < -0.39 is 0 Å². The highest BCUT2D eigenvalue weighted by Gasteiger charge is 2.30. The van der Waals surface area contributed by atoms with Crippen LogP contribution in [0.3, 0.4) is 0 Å². The molecule has 0 atom stereocenters. The molecule has 6 nitrogen and oxygen atoms in total. The van der Waals surface area contributed by atoms with Crippen LogP contribution < -0.4 is 15.5 Å². The van der Waals surface area contributed by atoms with Crippen LogP contribution in [-0.4, -0.2) is 49.9 Å². The predicted octanol–water partition coefficient (Wildman–Crippen LogP) is 3.80. The highest BCUT2D eigenvalue weighted by Crippen LogP contribution is 2.27. The number of amides is 2. The Bertz CT molecular complexity index is 868. The summed E-state index contributed by atoms with van der Waals surface area (Å²) in [6.45, 7) is 4.88. The molecule has 1 saturated carbocycles. The molecule has 2 aromatic rings. The summed E-state index contributed by atoms with van der Waals surface area (Å²) in [5.74, 6) is -0.0626. The van der Waals surface area contributed by atoms with Crippen LogP contribution in [-0.2, 0) is 9.59 Å². The van der Waals surface area contributed by atoms with Crippen molar-refractivity contribution in [1.29, 1.82) is 0 Å². The van der Waals surface area contributed by atoms with E-state index >= 15 is 0 Å². The summed E-state index contributed by atoms with van der Waals surface area (Å²) in [7, 11) is 3.97. The molecule has 1 aliphatic carbocycles. The molecule has 0 aliphatic heterocycles. The number of carbonyl (C=O) groups excluding carboxylic acids is 2. The Balaban J connectivity index is 1.50. The van der Waals surface area contributed by atoms with Gasteiger partial charge in [0.25, 0.3) is 0 Å². The van der Waals surface area contributed by atoms with Crippen molar-refractivity contribution in [2.24, 2.45) is 0 Å². The second-order valence-corrected chi connectivity index (χ2v) is 8.26. The number of anilines is 3. The van der Waals surface area contributed by atoms with E-state index in [4.69, 9.17) is 0 Å². The fourth-order valence-corrected chi connectivity index (χ4v) is 3.52. The number of nitrogens with zero attached hydrogens (tertiary/aromatic N) is 2. The Morgan fingerprint density at radius 2 is 1.57 bits per heavy atom. The number of hydrogen-bond donors (Lipinski definition) is 2. The van der Waals surface area contributed by atoms with Gasteiger partial charge in [0, 0.05) is 50.2 Å². The molecule has 0 bridgehead atoms. The summed E-state index contributed by atoms with van der Waals surface area (Å²) in [5.41, 5.74) is 4.87. The number of carbonyl (C=O) groups is 2. The summed E-state index contributed by atoms with van der Waals surface area (Å²) in [6.07, 6.45) is 2.54. The number of nitrogens with one attached hydrogen (secondary N) is 2. The van der Waals surface area contributed by atoms with Crippen molar-refractivity contribution in [2.45, 2.75) is 39.2 Å². The average Bonchev–Trinajstić information content (AvgIpc) is 3.54. The van der Waals surface area contributed by atoms with Gasteiger partial charge in [-0.05, 0) is 62.1 Å². The summed E-state index contributed by atoms with van der Waals surface area (Å²) >= 11 is 0. The van der Waals surface area contributed by atoms with E-state index in [0.717, 1.165) is 41.0 Å². The first kappa shape index (κ1) is 21.8. The maximum absolute atomic E-state index is 12.6. The molecule has 30 heavy (non-hydrogen) atoms. The van der Waals surface area contributed by atoms with Gasteiger partial charge in [-0.1, -0.05) is 18.2 Å². The highest BCUT2D eigenvalue weighted by molar-refractivity contribution is 5.94. The van der Waals surface area contributed by atoms with Crippen LogP contribution in [0.25, 0.3) is 0 Å². The summed E-state index contributed by atoms with van der Waals surface area (Å²) < 4.78 is 0. The molecule has 0 aromatic heterocycles. The standard InChI is InChI=1S/C24H32N4O2/c1-17-6-5-7-18(2)24(17)26-23(30)16-28(21-12-13-21)15-14-22(29)25-19-8-10-20(11-9-19)27(3)4/h5-11,21H,12-16H2,1-4H3,(H,25,29)(H,26,30). The molecule has 0 heterocycles. The van der Waals surface area contributed by atoms with Gasteiger partial charge in [0.05, 0.1) is 6.54 Å². The maximum atomic E-state index is 12.6. The van der Waals surface area contributed by atoms with Crippen molar-refractivity contribution in [3.8, 4) is 0 Å². The fraction of sp³-hybridized carbons (Fsp3) is 0.417. The van der Waals surface area contributed by atoms with Crippen LogP contribution in [0.5, 0.6) is 0 Å². The average molecular weight is 409 g/mol. The van der Waals surface area contributed by atoms with Crippen LogP contribution in [0.1, 0.15) is 30.4 Å². The lowest BCUT2D eigenvalue weighted by molar-refractivity contribution is -0.119. The topological polar surface area (TPSA) is 64.7 Å². The predicted molar refractivity (Wildman–Crippen MR) is 123 cm³/mol. The van der Waals surface area contributed by atoms with E-state index in [1.54, 1.807) is 0 Å². The molecule has 2 aromatic carbocycles.